The van der Waals surface area contributed by atoms with Crippen LogP contribution in [0.15, 0.2) is 59.5 Å². The summed E-state index contributed by atoms with van der Waals surface area (Å²) in [5.41, 5.74) is 1.28. The second-order valence-corrected chi connectivity index (χ2v) is 7.44. The molecule has 24 heavy (non-hydrogen) atoms. The molecule has 6 heteroatoms. The fourth-order valence-electron chi connectivity index (χ4n) is 2.14. The van der Waals surface area contributed by atoms with E-state index in [1.807, 2.05) is 48.9 Å². The van der Waals surface area contributed by atoms with Crippen LogP contribution in [0.3, 0.4) is 0 Å². The first-order valence-electron chi connectivity index (χ1n) is 7.74. The van der Waals surface area contributed by atoms with E-state index in [0.29, 0.717) is 17.9 Å². The van der Waals surface area contributed by atoms with Gasteiger partial charge < -0.3 is 4.74 Å². The van der Waals surface area contributed by atoms with Crippen molar-refractivity contribution in [3.8, 4) is 11.1 Å². The zero-order valence-corrected chi connectivity index (χ0v) is 14.5. The first kappa shape index (κ1) is 18.0. The first-order chi connectivity index (χ1) is 11.4. The quantitative estimate of drug-likeness (QED) is 0.862. The van der Waals surface area contributed by atoms with Gasteiger partial charge in [-0.3, -0.25) is 0 Å². The molecule has 0 atom stereocenters. The Balaban J connectivity index is 2.20. The Kier molecular flexibility index (Phi) is 5.98. The molecule has 0 saturated carbocycles. The van der Waals surface area contributed by atoms with Crippen molar-refractivity contribution in [2.45, 2.75) is 25.2 Å². The van der Waals surface area contributed by atoms with Crippen LogP contribution < -0.4 is 4.72 Å². The van der Waals surface area contributed by atoms with Crippen LogP contribution >= 0.6 is 0 Å². The summed E-state index contributed by atoms with van der Waals surface area (Å²) in [5.74, 6) is 0.369. The highest BCUT2D eigenvalue weighted by Crippen LogP contribution is 2.26. The van der Waals surface area contributed by atoms with Crippen molar-refractivity contribution in [1.29, 1.82) is 0 Å². The van der Waals surface area contributed by atoms with Gasteiger partial charge in [-0.15, -0.1) is 0 Å². The zero-order valence-electron chi connectivity index (χ0n) is 13.7. The van der Waals surface area contributed by atoms with Crippen LogP contribution in [0.2, 0.25) is 0 Å². The van der Waals surface area contributed by atoms with Gasteiger partial charge in [0.05, 0.1) is 11.5 Å². The fourth-order valence-corrected chi connectivity index (χ4v) is 3.26. The number of carbonyl (C=O) groups excluding carboxylic acids is 1. The van der Waals surface area contributed by atoms with E-state index in [4.69, 9.17) is 4.74 Å². The second kappa shape index (κ2) is 7.97. The molecule has 0 aliphatic carbocycles. The van der Waals surface area contributed by atoms with Gasteiger partial charge >= 0.3 is 6.09 Å². The van der Waals surface area contributed by atoms with E-state index in [2.05, 4.69) is 0 Å². The Labute approximate surface area is 142 Å². The van der Waals surface area contributed by atoms with Gasteiger partial charge in [0, 0.05) is 5.56 Å². The number of hydrogen-bond acceptors (Lipinski definition) is 4. The Bertz CT molecular complexity index is 786. The minimum Gasteiger partial charge on any atom is -0.449 e. The molecule has 0 saturated heterocycles. The highest BCUT2D eigenvalue weighted by molar-refractivity contribution is 7.90. The van der Waals surface area contributed by atoms with Crippen LogP contribution in [-0.2, 0) is 14.8 Å². The normalized spacial score (nSPS) is 11.3. The molecule has 5 nitrogen and oxygen atoms in total. The van der Waals surface area contributed by atoms with Crippen LogP contribution in [0.1, 0.15) is 20.3 Å². The van der Waals surface area contributed by atoms with Gasteiger partial charge in [-0.05, 0) is 24.0 Å². The second-order valence-electron chi connectivity index (χ2n) is 5.79. The molecule has 0 aliphatic heterocycles. The topological polar surface area (TPSA) is 72.5 Å². The molecule has 1 N–H and O–H groups in total. The van der Waals surface area contributed by atoms with Gasteiger partial charge in [0.2, 0.25) is 0 Å². The number of rotatable bonds is 6. The maximum atomic E-state index is 12.5. The van der Waals surface area contributed by atoms with Gasteiger partial charge in [0.15, 0.2) is 0 Å². The molecule has 0 aromatic heterocycles. The molecule has 0 heterocycles. The monoisotopic (exact) mass is 347 g/mol. The average Bonchev–Trinajstić information content (AvgIpc) is 2.55. The summed E-state index contributed by atoms with van der Waals surface area (Å²) < 4.78 is 31.9. The van der Waals surface area contributed by atoms with Crippen molar-refractivity contribution in [2.24, 2.45) is 5.92 Å². The molecule has 0 fully saturated rings. The van der Waals surface area contributed by atoms with Crippen LogP contribution in [0, 0.1) is 5.92 Å². The molecule has 128 valence electrons. The molecular formula is C18H21NO4S. The Hall–Kier alpha value is -2.34. The molecule has 0 aliphatic rings. The van der Waals surface area contributed by atoms with Crippen molar-refractivity contribution >= 4 is 16.1 Å². The smallest absolute Gasteiger partial charge is 0.421 e. The maximum Gasteiger partial charge on any atom is 0.421 e. The van der Waals surface area contributed by atoms with Gasteiger partial charge in [-0.2, -0.15) is 0 Å². The van der Waals surface area contributed by atoms with E-state index < -0.39 is 16.1 Å². The SMILES string of the molecule is CC(C)CCOC(=O)NS(=O)(=O)c1ccccc1-c1ccccc1. The highest BCUT2D eigenvalue weighted by atomic mass is 32.2. The number of benzene rings is 2. The molecule has 1 amide bonds. The van der Waals surface area contributed by atoms with E-state index >= 15 is 0 Å². The largest absolute Gasteiger partial charge is 0.449 e. The molecule has 0 spiro atoms. The predicted molar refractivity (Wildman–Crippen MR) is 93.0 cm³/mol. The fraction of sp³-hybridized carbons (Fsp3) is 0.278. The Morgan fingerprint density at radius 2 is 1.67 bits per heavy atom. The molecule has 2 rings (SSSR count). The van der Waals surface area contributed by atoms with Crippen molar-refractivity contribution in [3.05, 3.63) is 54.6 Å². The minimum absolute atomic E-state index is 0.0389. The number of ether oxygens (including phenoxy) is 1. The third kappa shape index (κ3) is 4.83. The standard InChI is InChI=1S/C18H21NO4S/c1-14(2)12-13-23-18(20)19-24(21,22)17-11-7-6-10-16(17)15-8-4-3-5-9-15/h3-11,14H,12-13H2,1-2H3,(H,19,20). The summed E-state index contributed by atoms with van der Waals surface area (Å²) in [6.07, 6.45) is -0.285. The van der Waals surface area contributed by atoms with Crippen LogP contribution in [0.25, 0.3) is 11.1 Å². The van der Waals surface area contributed by atoms with E-state index in [9.17, 15) is 13.2 Å². The van der Waals surface area contributed by atoms with Crippen LogP contribution in [-0.4, -0.2) is 21.1 Å². The summed E-state index contributed by atoms with van der Waals surface area (Å²) >= 11 is 0. The lowest BCUT2D eigenvalue weighted by Gasteiger charge is -2.12. The van der Waals surface area contributed by atoms with E-state index in [0.717, 1.165) is 5.56 Å². The van der Waals surface area contributed by atoms with Gasteiger partial charge in [-0.1, -0.05) is 62.4 Å². The lowest BCUT2D eigenvalue weighted by atomic mass is 10.1. The zero-order chi connectivity index (χ0) is 17.6. The van der Waals surface area contributed by atoms with Crippen LogP contribution in [0.5, 0.6) is 0 Å². The Morgan fingerprint density at radius 1 is 1.04 bits per heavy atom. The van der Waals surface area contributed by atoms with Crippen molar-refractivity contribution < 1.29 is 17.9 Å². The van der Waals surface area contributed by atoms with Gasteiger partial charge in [0.25, 0.3) is 10.0 Å². The molecule has 0 bridgehead atoms. The van der Waals surface area contributed by atoms with Crippen molar-refractivity contribution in [1.82, 2.24) is 4.72 Å². The van der Waals surface area contributed by atoms with Crippen molar-refractivity contribution in [3.63, 3.8) is 0 Å². The Morgan fingerprint density at radius 3 is 2.33 bits per heavy atom. The summed E-state index contributed by atoms with van der Waals surface area (Å²) in [5, 5.41) is 0. The molecular weight excluding hydrogens is 326 g/mol. The third-order valence-corrected chi connectivity index (χ3v) is 4.78. The van der Waals surface area contributed by atoms with Crippen LogP contribution in [0.4, 0.5) is 4.79 Å². The van der Waals surface area contributed by atoms with Gasteiger partial charge in [0.1, 0.15) is 0 Å². The summed E-state index contributed by atoms with van der Waals surface area (Å²) in [4.78, 5) is 11.8. The molecule has 0 unspecified atom stereocenters. The maximum absolute atomic E-state index is 12.5. The number of carbonyl (C=O) groups is 1. The molecule has 2 aromatic carbocycles. The molecule has 2 aromatic rings. The van der Waals surface area contributed by atoms with E-state index in [1.165, 1.54) is 6.07 Å². The summed E-state index contributed by atoms with van der Waals surface area (Å²) in [6, 6.07) is 15.7. The third-order valence-electron chi connectivity index (χ3n) is 3.41. The summed E-state index contributed by atoms with van der Waals surface area (Å²) in [7, 11) is -4.01. The predicted octanol–water partition coefficient (Wildman–Crippen LogP) is 3.81. The number of sulfonamides is 1. The lowest BCUT2D eigenvalue weighted by molar-refractivity contribution is 0.146. The number of nitrogens with one attached hydrogen (secondary N) is 1. The van der Waals surface area contributed by atoms with E-state index in [1.54, 1.807) is 18.2 Å². The minimum atomic E-state index is -4.01. The summed E-state index contributed by atoms with van der Waals surface area (Å²) in [6.45, 7) is 4.17. The lowest BCUT2D eigenvalue weighted by Crippen LogP contribution is -2.31. The number of hydrogen-bond donors (Lipinski definition) is 1. The van der Waals surface area contributed by atoms with Crippen molar-refractivity contribution in [2.75, 3.05) is 6.61 Å². The first-order valence-corrected chi connectivity index (χ1v) is 9.22. The van der Waals surface area contributed by atoms with E-state index in [-0.39, 0.29) is 11.5 Å². The number of amides is 1. The highest BCUT2D eigenvalue weighted by Gasteiger charge is 2.22. The average molecular weight is 347 g/mol. The molecule has 0 radical (unpaired) electrons. The van der Waals surface area contributed by atoms with Gasteiger partial charge in [-0.25, -0.2) is 17.9 Å².